The van der Waals surface area contributed by atoms with Crippen molar-refractivity contribution in [2.45, 2.75) is 6.92 Å². The molecule has 26 heavy (non-hydrogen) atoms. The molecule has 0 heterocycles. The van der Waals surface area contributed by atoms with Crippen LogP contribution in [0.1, 0.15) is 17.3 Å². The number of nitrogens with zero attached hydrogens (tertiary/aromatic N) is 1. The maximum absolute atomic E-state index is 13.8. The van der Waals surface area contributed by atoms with Crippen molar-refractivity contribution < 1.29 is 31.5 Å². The molecule has 2 aromatic carbocycles. The normalized spacial score (nSPS) is 10.5. The van der Waals surface area contributed by atoms with Gasteiger partial charge in [-0.25, -0.2) is 22.0 Å². The zero-order valence-corrected chi connectivity index (χ0v) is 13.5. The van der Waals surface area contributed by atoms with E-state index in [0.29, 0.717) is 6.07 Å². The van der Waals surface area contributed by atoms with Crippen molar-refractivity contribution in [1.82, 2.24) is 5.32 Å². The molecule has 0 radical (unpaired) electrons. The average Bonchev–Trinajstić information content (AvgIpc) is 2.57. The van der Waals surface area contributed by atoms with Crippen LogP contribution in [-0.2, 0) is 4.79 Å². The van der Waals surface area contributed by atoms with E-state index in [1.807, 2.05) is 0 Å². The van der Waals surface area contributed by atoms with Gasteiger partial charge in [0.2, 0.25) is 5.91 Å². The predicted octanol–water partition coefficient (Wildman–Crippen LogP) is 3.17. The first-order valence-electron chi connectivity index (χ1n) is 7.37. The molecule has 2 amide bonds. The van der Waals surface area contributed by atoms with Gasteiger partial charge in [0, 0.05) is 20.0 Å². The molecule has 0 unspecified atom stereocenters. The lowest BCUT2D eigenvalue weighted by Gasteiger charge is -2.22. The third-order valence-electron chi connectivity index (χ3n) is 3.49. The fourth-order valence-electron chi connectivity index (χ4n) is 2.25. The van der Waals surface area contributed by atoms with Crippen molar-refractivity contribution in [1.29, 1.82) is 0 Å². The summed E-state index contributed by atoms with van der Waals surface area (Å²) >= 11 is 0. The molecule has 0 atom stereocenters. The number of hydrogen-bond donors (Lipinski definition) is 1. The number of nitrogens with one attached hydrogen (secondary N) is 1. The van der Waals surface area contributed by atoms with E-state index < -0.39 is 52.2 Å². The lowest BCUT2D eigenvalue weighted by Crippen LogP contribution is -2.38. The first-order valence-corrected chi connectivity index (χ1v) is 7.37. The van der Waals surface area contributed by atoms with E-state index in [0.717, 1.165) is 36.1 Å². The Hall–Kier alpha value is -2.97. The van der Waals surface area contributed by atoms with Gasteiger partial charge in [-0.1, -0.05) is 6.07 Å². The zero-order valence-electron chi connectivity index (χ0n) is 13.5. The Kier molecular flexibility index (Phi) is 5.91. The minimum Gasteiger partial charge on any atom is -0.350 e. The third kappa shape index (κ3) is 3.98. The van der Waals surface area contributed by atoms with Crippen LogP contribution in [0.4, 0.5) is 27.6 Å². The van der Waals surface area contributed by atoms with Crippen molar-refractivity contribution in [2.75, 3.05) is 18.0 Å². The third-order valence-corrected chi connectivity index (χ3v) is 3.49. The molecule has 138 valence electrons. The van der Waals surface area contributed by atoms with E-state index in [9.17, 15) is 31.5 Å². The second-order valence-corrected chi connectivity index (χ2v) is 5.22. The van der Waals surface area contributed by atoms with Crippen molar-refractivity contribution in [3.8, 4) is 0 Å². The van der Waals surface area contributed by atoms with Gasteiger partial charge in [-0.3, -0.25) is 9.59 Å². The van der Waals surface area contributed by atoms with Gasteiger partial charge in [0.25, 0.3) is 5.91 Å². The number of hydrogen-bond acceptors (Lipinski definition) is 2. The van der Waals surface area contributed by atoms with Crippen LogP contribution in [0.2, 0.25) is 0 Å². The highest BCUT2D eigenvalue weighted by Crippen LogP contribution is 2.23. The van der Waals surface area contributed by atoms with Gasteiger partial charge >= 0.3 is 0 Å². The monoisotopic (exact) mass is 372 g/mol. The first-order chi connectivity index (χ1) is 12.2. The summed E-state index contributed by atoms with van der Waals surface area (Å²) in [6.45, 7) is 0.428. The largest absolute Gasteiger partial charge is 0.350 e. The number of anilines is 1. The number of para-hydroxylation sites is 1. The quantitative estimate of drug-likeness (QED) is 0.648. The van der Waals surface area contributed by atoms with Crippen molar-refractivity contribution in [3.63, 3.8) is 0 Å². The molecule has 2 rings (SSSR count). The second-order valence-electron chi connectivity index (χ2n) is 5.22. The highest BCUT2D eigenvalue weighted by Gasteiger charge is 2.21. The van der Waals surface area contributed by atoms with Crippen LogP contribution < -0.4 is 10.2 Å². The molecular formula is C17H13F5N2O2. The Labute approximate surface area is 145 Å². The smallest absolute Gasteiger partial charge is 0.254 e. The topological polar surface area (TPSA) is 49.4 Å². The Balaban J connectivity index is 2.11. The molecule has 0 aromatic heterocycles. The number of rotatable bonds is 5. The highest BCUT2D eigenvalue weighted by molar-refractivity contribution is 5.95. The second kappa shape index (κ2) is 7.94. The lowest BCUT2D eigenvalue weighted by atomic mass is 10.2. The summed E-state index contributed by atoms with van der Waals surface area (Å²) in [5, 5.41) is 2.17. The van der Waals surface area contributed by atoms with E-state index in [1.165, 1.54) is 0 Å². The van der Waals surface area contributed by atoms with Crippen LogP contribution in [0, 0.1) is 29.1 Å². The van der Waals surface area contributed by atoms with E-state index in [4.69, 9.17) is 0 Å². The van der Waals surface area contributed by atoms with Gasteiger partial charge < -0.3 is 10.2 Å². The molecule has 0 aliphatic heterocycles. The van der Waals surface area contributed by atoms with E-state index in [1.54, 1.807) is 0 Å². The number of halogens is 5. The Bertz CT molecular complexity index is 837. The number of carbonyl (C=O) groups excluding carboxylic acids is 2. The van der Waals surface area contributed by atoms with Gasteiger partial charge in [-0.15, -0.1) is 0 Å². The molecule has 1 N–H and O–H groups in total. The molecule has 0 spiro atoms. The summed E-state index contributed by atoms with van der Waals surface area (Å²) in [6, 6.07) is 4.39. The molecule has 0 aliphatic rings. The van der Waals surface area contributed by atoms with E-state index >= 15 is 0 Å². The molecule has 0 aliphatic carbocycles. The minimum atomic E-state index is -1.79. The Morgan fingerprint density at radius 2 is 1.54 bits per heavy atom. The van der Waals surface area contributed by atoms with Gasteiger partial charge in [0.15, 0.2) is 17.5 Å². The van der Waals surface area contributed by atoms with Crippen LogP contribution in [-0.4, -0.2) is 24.9 Å². The van der Waals surface area contributed by atoms with Gasteiger partial charge in [0.05, 0.1) is 5.56 Å². The standard InChI is InChI=1S/C17H13F5N2O2/c1-9(25)24(16-12(19)3-2-4-13(16)20)8-7-23-17(26)10-5-6-11(18)15(22)14(10)21/h2-6H,7-8H2,1H3,(H,23,26). The molecule has 0 saturated carbocycles. The Morgan fingerprint density at radius 1 is 0.923 bits per heavy atom. The summed E-state index contributed by atoms with van der Waals surface area (Å²) in [4.78, 5) is 24.3. The fourth-order valence-corrected chi connectivity index (χ4v) is 2.25. The van der Waals surface area contributed by atoms with E-state index in [2.05, 4.69) is 5.32 Å². The average molecular weight is 372 g/mol. The maximum Gasteiger partial charge on any atom is 0.254 e. The minimum absolute atomic E-state index is 0.315. The highest BCUT2D eigenvalue weighted by atomic mass is 19.2. The number of carbonyl (C=O) groups is 2. The van der Waals surface area contributed by atoms with Crippen molar-refractivity contribution in [3.05, 3.63) is 65.0 Å². The molecule has 2 aromatic rings. The molecule has 4 nitrogen and oxygen atoms in total. The van der Waals surface area contributed by atoms with Crippen LogP contribution >= 0.6 is 0 Å². The van der Waals surface area contributed by atoms with Gasteiger partial charge in [-0.05, 0) is 24.3 Å². The maximum atomic E-state index is 13.8. The summed E-state index contributed by atoms with van der Waals surface area (Å²) in [5.74, 6) is -8.61. The van der Waals surface area contributed by atoms with Crippen LogP contribution in [0.5, 0.6) is 0 Å². The first kappa shape index (κ1) is 19.4. The summed E-state index contributed by atoms with van der Waals surface area (Å²) in [5.41, 5.74) is -1.33. The summed E-state index contributed by atoms with van der Waals surface area (Å²) < 4.78 is 67.2. The number of benzene rings is 2. The predicted molar refractivity (Wildman–Crippen MR) is 83.0 cm³/mol. The van der Waals surface area contributed by atoms with Crippen LogP contribution in [0.25, 0.3) is 0 Å². The summed E-state index contributed by atoms with van der Waals surface area (Å²) in [6.07, 6.45) is 0. The molecule has 0 saturated heterocycles. The molecule has 9 heteroatoms. The summed E-state index contributed by atoms with van der Waals surface area (Å²) in [7, 11) is 0. The molecular weight excluding hydrogens is 359 g/mol. The van der Waals surface area contributed by atoms with Crippen molar-refractivity contribution in [2.24, 2.45) is 0 Å². The molecule has 0 fully saturated rings. The fraction of sp³-hybridized carbons (Fsp3) is 0.176. The van der Waals surface area contributed by atoms with Gasteiger partial charge in [-0.2, -0.15) is 0 Å². The van der Waals surface area contributed by atoms with Crippen molar-refractivity contribution >= 4 is 17.5 Å². The molecule has 0 bridgehead atoms. The Morgan fingerprint density at radius 3 is 2.12 bits per heavy atom. The van der Waals surface area contributed by atoms with E-state index in [-0.39, 0.29) is 13.1 Å². The zero-order chi connectivity index (χ0) is 19.4. The lowest BCUT2D eigenvalue weighted by molar-refractivity contribution is -0.116. The van der Waals surface area contributed by atoms with Crippen LogP contribution in [0.3, 0.4) is 0 Å². The van der Waals surface area contributed by atoms with Crippen LogP contribution in [0.15, 0.2) is 30.3 Å². The number of amides is 2. The van der Waals surface area contributed by atoms with Gasteiger partial charge in [0.1, 0.15) is 17.3 Å². The SMILES string of the molecule is CC(=O)N(CCNC(=O)c1ccc(F)c(F)c1F)c1c(F)cccc1F.